The first-order valence-corrected chi connectivity index (χ1v) is 7.20. The van der Waals surface area contributed by atoms with Gasteiger partial charge in [-0.25, -0.2) is 4.79 Å². The van der Waals surface area contributed by atoms with Crippen LogP contribution in [0.3, 0.4) is 0 Å². The maximum Gasteiger partial charge on any atom is 0.318 e. The number of rotatable bonds is 3. The highest BCUT2D eigenvalue weighted by Gasteiger charge is 2.26. The Balaban J connectivity index is 1.91. The molecule has 1 aliphatic heterocycles. The molecule has 21 heavy (non-hydrogen) atoms. The van der Waals surface area contributed by atoms with Crippen molar-refractivity contribution in [3.63, 3.8) is 0 Å². The summed E-state index contributed by atoms with van der Waals surface area (Å²) in [6, 6.07) is 6.53. The summed E-state index contributed by atoms with van der Waals surface area (Å²) in [4.78, 5) is 26.7. The van der Waals surface area contributed by atoms with Crippen molar-refractivity contribution in [2.24, 2.45) is 5.73 Å². The Kier molecular flexibility index (Phi) is 5.03. The molecule has 1 atom stereocenters. The van der Waals surface area contributed by atoms with Crippen molar-refractivity contribution < 1.29 is 9.59 Å². The first-order chi connectivity index (χ1) is 9.97. The van der Waals surface area contributed by atoms with Crippen molar-refractivity contribution in [3.05, 3.63) is 29.3 Å². The zero-order valence-corrected chi connectivity index (χ0v) is 12.6. The highest BCUT2D eigenvalue weighted by molar-refractivity contribution is 6.30. The number of anilines is 1. The van der Waals surface area contributed by atoms with Crippen molar-refractivity contribution in [1.29, 1.82) is 0 Å². The molecular formula is C14H19ClN4O2. The van der Waals surface area contributed by atoms with Crippen molar-refractivity contribution in [3.8, 4) is 0 Å². The molecule has 3 amide bonds. The van der Waals surface area contributed by atoms with Gasteiger partial charge in [-0.1, -0.05) is 17.7 Å². The van der Waals surface area contributed by atoms with E-state index < -0.39 is 6.03 Å². The number of carbonyl (C=O) groups excluding carboxylic acids is 2. The van der Waals surface area contributed by atoms with Crippen LogP contribution in [0.4, 0.5) is 10.5 Å². The summed E-state index contributed by atoms with van der Waals surface area (Å²) >= 11 is 6.00. The summed E-state index contributed by atoms with van der Waals surface area (Å²) in [5.74, 6) is -0.362. The van der Waals surface area contributed by atoms with Gasteiger partial charge in [-0.2, -0.15) is 0 Å². The molecule has 1 unspecified atom stereocenters. The first-order valence-electron chi connectivity index (χ1n) is 6.82. The molecule has 3 N–H and O–H groups in total. The minimum Gasteiger partial charge on any atom is -0.369 e. The molecule has 0 bridgehead atoms. The van der Waals surface area contributed by atoms with Gasteiger partial charge in [-0.3, -0.25) is 15.0 Å². The second-order valence-corrected chi connectivity index (χ2v) is 5.47. The van der Waals surface area contributed by atoms with Crippen LogP contribution in [0.25, 0.3) is 0 Å². The predicted molar refractivity (Wildman–Crippen MR) is 82.4 cm³/mol. The molecule has 7 heteroatoms. The molecule has 1 aromatic rings. The van der Waals surface area contributed by atoms with Gasteiger partial charge >= 0.3 is 6.03 Å². The third kappa shape index (κ3) is 4.09. The van der Waals surface area contributed by atoms with E-state index in [4.69, 9.17) is 17.3 Å². The van der Waals surface area contributed by atoms with Gasteiger partial charge < -0.3 is 10.6 Å². The highest BCUT2D eigenvalue weighted by Crippen LogP contribution is 2.21. The Labute approximate surface area is 128 Å². The number of piperazine rings is 1. The molecule has 2 rings (SSSR count). The number of imide groups is 1. The summed E-state index contributed by atoms with van der Waals surface area (Å²) < 4.78 is 0. The lowest BCUT2D eigenvalue weighted by Crippen LogP contribution is -2.55. The van der Waals surface area contributed by atoms with E-state index >= 15 is 0 Å². The van der Waals surface area contributed by atoms with Crippen LogP contribution in [0.15, 0.2) is 24.3 Å². The minimum atomic E-state index is -0.815. The molecular weight excluding hydrogens is 292 g/mol. The van der Waals surface area contributed by atoms with E-state index in [1.165, 1.54) is 0 Å². The molecule has 1 aromatic carbocycles. The number of urea groups is 1. The molecule has 0 saturated carbocycles. The van der Waals surface area contributed by atoms with E-state index in [1.54, 1.807) is 6.92 Å². The fourth-order valence-electron chi connectivity index (χ4n) is 2.43. The van der Waals surface area contributed by atoms with Gasteiger partial charge in [-0.05, 0) is 25.1 Å². The van der Waals surface area contributed by atoms with E-state index in [0.717, 1.165) is 31.9 Å². The third-order valence-corrected chi connectivity index (χ3v) is 3.90. The smallest absolute Gasteiger partial charge is 0.318 e. The summed E-state index contributed by atoms with van der Waals surface area (Å²) in [7, 11) is 0. The largest absolute Gasteiger partial charge is 0.369 e. The Bertz CT molecular complexity index is 529. The fraction of sp³-hybridized carbons (Fsp3) is 0.429. The quantitative estimate of drug-likeness (QED) is 0.874. The molecule has 1 aliphatic rings. The Morgan fingerprint density at radius 3 is 2.52 bits per heavy atom. The number of nitrogens with zero attached hydrogens (tertiary/aromatic N) is 2. The lowest BCUT2D eigenvalue weighted by molar-refractivity contribution is -0.124. The van der Waals surface area contributed by atoms with Gasteiger partial charge in [0.1, 0.15) is 0 Å². The van der Waals surface area contributed by atoms with Gasteiger partial charge in [0.05, 0.1) is 6.04 Å². The van der Waals surface area contributed by atoms with Crippen LogP contribution < -0.4 is 16.0 Å². The number of halogens is 1. The van der Waals surface area contributed by atoms with Crippen LogP contribution in [0.5, 0.6) is 0 Å². The number of benzene rings is 1. The minimum absolute atomic E-state index is 0.362. The molecule has 0 spiro atoms. The normalized spacial score (nSPS) is 17.3. The number of amides is 3. The summed E-state index contributed by atoms with van der Waals surface area (Å²) in [5.41, 5.74) is 6.04. The number of nitrogens with one attached hydrogen (secondary N) is 1. The molecule has 114 valence electrons. The maximum absolute atomic E-state index is 11.8. The lowest BCUT2D eigenvalue weighted by Gasteiger charge is -2.38. The number of nitrogens with two attached hydrogens (primary N) is 1. The Morgan fingerprint density at radius 1 is 1.29 bits per heavy atom. The van der Waals surface area contributed by atoms with E-state index in [0.29, 0.717) is 5.02 Å². The standard InChI is InChI=1S/C14H19ClN4O2/c1-10(13(20)17-14(16)21)18-5-7-19(8-6-18)12-4-2-3-11(15)9-12/h2-4,9-10H,5-8H2,1H3,(H3,16,17,20,21). The van der Waals surface area contributed by atoms with Crippen LogP contribution in [0.2, 0.25) is 5.02 Å². The van der Waals surface area contributed by atoms with Gasteiger partial charge in [0.2, 0.25) is 5.91 Å². The van der Waals surface area contributed by atoms with Crippen LogP contribution in [-0.4, -0.2) is 49.1 Å². The van der Waals surface area contributed by atoms with E-state index in [1.807, 2.05) is 29.2 Å². The van der Waals surface area contributed by atoms with Crippen LogP contribution in [0.1, 0.15) is 6.92 Å². The van der Waals surface area contributed by atoms with E-state index in [-0.39, 0.29) is 11.9 Å². The van der Waals surface area contributed by atoms with Gasteiger partial charge in [-0.15, -0.1) is 0 Å². The molecule has 1 heterocycles. The van der Waals surface area contributed by atoms with E-state index in [9.17, 15) is 9.59 Å². The van der Waals surface area contributed by atoms with E-state index in [2.05, 4.69) is 10.2 Å². The summed E-state index contributed by atoms with van der Waals surface area (Å²) in [5, 5.41) is 2.83. The number of carbonyl (C=O) groups is 2. The molecule has 1 saturated heterocycles. The number of primary amides is 1. The molecule has 1 fully saturated rings. The Hall–Kier alpha value is -1.79. The second kappa shape index (κ2) is 6.78. The molecule has 0 aliphatic carbocycles. The van der Waals surface area contributed by atoms with Crippen molar-refractivity contribution in [1.82, 2.24) is 10.2 Å². The van der Waals surface area contributed by atoms with Crippen molar-refractivity contribution in [2.45, 2.75) is 13.0 Å². The third-order valence-electron chi connectivity index (χ3n) is 3.66. The van der Waals surface area contributed by atoms with Crippen LogP contribution in [0, 0.1) is 0 Å². The van der Waals surface area contributed by atoms with Crippen molar-refractivity contribution >= 4 is 29.2 Å². The molecule has 6 nitrogen and oxygen atoms in total. The van der Waals surface area contributed by atoms with Gasteiger partial charge in [0, 0.05) is 36.9 Å². The van der Waals surface area contributed by atoms with Crippen LogP contribution >= 0.6 is 11.6 Å². The highest BCUT2D eigenvalue weighted by atomic mass is 35.5. The predicted octanol–water partition coefficient (Wildman–Crippen LogP) is 1.05. The molecule has 0 aromatic heterocycles. The second-order valence-electron chi connectivity index (χ2n) is 5.03. The fourth-order valence-corrected chi connectivity index (χ4v) is 2.62. The van der Waals surface area contributed by atoms with Crippen LogP contribution in [-0.2, 0) is 4.79 Å². The first kappa shape index (κ1) is 15.6. The average molecular weight is 311 g/mol. The SMILES string of the molecule is CC(C(=O)NC(N)=O)N1CCN(c2cccc(Cl)c2)CC1. The zero-order chi connectivity index (χ0) is 15.4. The maximum atomic E-state index is 11.8. The lowest BCUT2D eigenvalue weighted by atomic mass is 10.2. The van der Waals surface area contributed by atoms with Gasteiger partial charge in [0.25, 0.3) is 0 Å². The topological polar surface area (TPSA) is 78.7 Å². The monoisotopic (exact) mass is 310 g/mol. The zero-order valence-electron chi connectivity index (χ0n) is 11.9. The van der Waals surface area contributed by atoms with Crippen molar-refractivity contribution in [2.75, 3.05) is 31.1 Å². The summed E-state index contributed by atoms with van der Waals surface area (Å²) in [6.45, 7) is 4.84. The molecule has 0 radical (unpaired) electrons. The summed E-state index contributed by atoms with van der Waals surface area (Å²) in [6.07, 6.45) is 0. The Morgan fingerprint density at radius 2 is 1.95 bits per heavy atom. The average Bonchev–Trinajstić information content (AvgIpc) is 2.46. The number of hydrogen-bond acceptors (Lipinski definition) is 4. The number of hydrogen-bond donors (Lipinski definition) is 2. The van der Waals surface area contributed by atoms with Gasteiger partial charge in [0.15, 0.2) is 0 Å².